The number of benzene rings is 2. The molecule has 2 heterocycles. The first-order valence-corrected chi connectivity index (χ1v) is 10.8. The summed E-state index contributed by atoms with van der Waals surface area (Å²) in [5.41, 5.74) is 10.6. The fraction of sp³-hybridized carbons (Fsp3) is 0.269. The van der Waals surface area contributed by atoms with E-state index in [1.165, 1.54) is 5.56 Å². The van der Waals surface area contributed by atoms with Gasteiger partial charge in [-0.15, -0.1) is 24.8 Å². The summed E-state index contributed by atoms with van der Waals surface area (Å²) in [7, 11) is 0. The van der Waals surface area contributed by atoms with Gasteiger partial charge in [-0.05, 0) is 55.7 Å². The van der Waals surface area contributed by atoms with Crippen molar-refractivity contribution in [3.05, 3.63) is 89.2 Å². The number of hydrogen-bond acceptors (Lipinski definition) is 5. The number of aromatic amines is 1. The minimum Gasteiger partial charge on any atom is -0.489 e. The molecule has 8 heteroatoms. The van der Waals surface area contributed by atoms with Crippen LogP contribution in [0.3, 0.4) is 0 Å². The molecule has 182 valence electrons. The van der Waals surface area contributed by atoms with Gasteiger partial charge >= 0.3 is 0 Å². The summed E-state index contributed by atoms with van der Waals surface area (Å²) < 4.78 is 6.02. The largest absolute Gasteiger partial charge is 0.489 e. The van der Waals surface area contributed by atoms with Crippen LogP contribution in [-0.4, -0.2) is 20.6 Å². The molecule has 0 bridgehead atoms. The lowest BCUT2D eigenvalue weighted by molar-refractivity contribution is 0.278. The fourth-order valence-corrected chi connectivity index (χ4v) is 3.84. The minimum absolute atomic E-state index is 0. The number of ether oxygens (including phenoxy) is 1. The maximum Gasteiger partial charge on any atom is 0.123 e. The summed E-state index contributed by atoms with van der Waals surface area (Å²) in [5, 5.41) is 14.3. The number of pyridine rings is 1. The second-order valence-electron chi connectivity index (χ2n) is 8.71. The van der Waals surface area contributed by atoms with E-state index in [-0.39, 0.29) is 37.0 Å². The molecule has 0 fully saturated rings. The Morgan fingerprint density at radius 3 is 2.53 bits per heavy atom. The van der Waals surface area contributed by atoms with Crippen molar-refractivity contribution in [3.63, 3.8) is 0 Å². The third kappa shape index (κ3) is 6.87. The average Bonchev–Trinajstić information content (AvgIpc) is 3.18. The van der Waals surface area contributed by atoms with E-state index in [0.29, 0.717) is 19.0 Å². The molecule has 0 saturated heterocycles. The van der Waals surface area contributed by atoms with Gasteiger partial charge < -0.3 is 25.9 Å². The average molecular weight is 503 g/mol. The third-order valence-electron chi connectivity index (χ3n) is 5.61. The lowest BCUT2D eigenvalue weighted by Gasteiger charge is -2.26. The Balaban J connectivity index is 0.00000204. The van der Waals surface area contributed by atoms with Crippen LogP contribution in [0.2, 0.25) is 0 Å². The molecule has 0 saturated carbocycles. The van der Waals surface area contributed by atoms with E-state index in [1.807, 2.05) is 30.3 Å². The second kappa shape index (κ2) is 12.1. The van der Waals surface area contributed by atoms with Gasteiger partial charge in [0.2, 0.25) is 0 Å². The van der Waals surface area contributed by atoms with Gasteiger partial charge in [0.1, 0.15) is 18.2 Å². The molecule has 2 aromatic heterocycles. The molecule has 0 radical (unpaired) electrons. The zero-order valence-electron chi connectivity index (χ0n) is 19.4. The summed E-state index contributed by atoms with van der Waals surface area (Å²) in [6.45, 7) is 5.33. The van der Waals surface area contributed by atoms with Gasteiger partial charge in [-0.25, -0.2) is 4.98 Å². The number of nitrogens with two attached hydrogens (primary N) is 1. The molecular formula is C26H32Cl2N4O2. The Hall–Kier alpha value is -2.77. The van der Waals surface area contributed by atoms with Crippen LogP contribution in [0.15, 0.2) is 66.9 Å². The predicted octanol–water partition coefficient (Wildman–Crippen LogP) is 5.17. The normalized spacial score (nSPS) is 11.0. The third-order valence-corrected chi connectivity index (χ3v) is 5.61. The van der Waals surface area contributed by atoms with E-state index in [1.54, 1.807) is 6.07 Å². The summed E-state index contributed by atoms with van der Waals surface area (Å²) in [5.74, 6) is 1.31. The number of aliphatic hydroxyl groups excluding tert-OH is 1. The number of rotatable bonds is 9. The highest BCUT2D eigenvalue weighted by molar-refractivity contribution is 5.86. The van der Waals surface area contributed by atoms with Gasteiger partial charge in [0.25, 0.3) is 0 Å². The van der Waals surface area contributed by atoms with Crippen molar-refractivity contribution < 1.29 is 9.84 Å². The number of aromatic nitrogens is 2. The lowest BCUT2D eigenvalue weighted by atomic mass is 9.94. The highest BCUT2D eigenvalue weighted by Gasteiger charge is 2.21. The fourth-order valence-electron chi connectivity index (χ4n) is 3.84. The lowest BCUT2D eigenvalue weighted by Crippen LogP contribution is -2.41. The number of fused-ring (bicyclic) bond motifs is 1. The number of nitrogens with one attached hydrogen (secondary N) is 2. The molecule has 0 aliphatic carbocycles. The standard InChI is InChI=1S/C26H30N4O2.2ClH/c1-26(2,29-15-24-19(16-31)8-11-25(27)30-24)13-20-14-28-23-10-9-21(12-22(20)23)32-17-18-6-4-3-5-7-18;;/h3-12,14,28-29,31H,13,15-17H2,1-2H3,(H2,27,30);2*1H. The Morgan fingerprint density at radius 1 is 1.03 bits per heavy atom. The maximum absolute atomic E-state index is 9.58. The van der Waals surface area contributed by atoms with Gasteiger partial charge in [0.05, 0.1) is 12.3 Å². The highest BCUT2D eigenvalue weighted by atomic mass is 35.5. The maximum atomic E-state index is 9.58. The Kier molecular flexibility index (Phi) is 9.77. The van der Waals surface area contributed by atoms with E-state index in [0.717, 1.165) is 39.9 Å². The van der Waals surface area contributed by atoms with Crippen molar-refractivity contribution in [2.24, 2.45) is 0 Å². The van der Waals surface area contributed by atoms with Gasteiger partial charge in [0.15, 0.2) is 0 Å². The predicted molar refractivity (Wildman–Crippen MR) is 143 cm³/mol. The van der Waals surface area contributed by atoms with Crippen LogP contribution in [0.1, 0.15) is 36.2 Å². The number of nitrogen functional groups attached to an aromatic ring is 1. The summed E-state index contributed by atoms with van der Waals surface area (Å²) in [6.07, 6.45) is 2.87. The number of hydrogen-bond donors (Lipinski definition) is 4. The van der Waals surface area contributed by atoms with E-state index < -0.39 is 0 Å². The molecule has 0 aliphatic heterocycles. The molecule has 4 aromatic rings. The van der Waals surface area contributed by atoms with Gasteiger partial charge in [-0.1, -0.05) is 36.4 Å². The molecule has 0 spiro atoms. The summed E-state index contributed by atoms with van der Waals surface area (Å²) >= 11 is 0. The van der Waals surface area contributed by atoms with Crippen LogP contribution in [-0.2, 0) is 26.2 Å². The van der Waals surface area contributed by atoms with Crippen LogP contribution in [0.5, 0.6) is 5.75 Å². The zero-order chi connectivity index (χ0) is 22.6. The number of anilines is 1. The first kappa shape index (κ1) is 27.5. The molecule has 0 aliphatic rings. The van der Waals surface area contributed by atoms with Crippen molar-refractivity contribution in [2.45, 2.75) is 45.6 Å². The van der Waals surface area contributed by atoms with E-state index >= 15 is 0 Å². The monoisotopic (exact) mass is 502 g/mol. The molecule has 34 heavy (non-hydrogen) atoms. The van der Waals surface area contributed by atoms with Gasteiger partial charge in [-0.3, -0.25) is 0 Å². The topological polar surface area (TPSA) is 96.2 Å². The van der Waals surface area contributed by atoms with Crippen LogP contribution < -0.4 is 15.8 Å². The number of aliphatic hydroxyl groups is 1. The number of H-pyrrole nitrogens is 1. The smallest absolute Gasteiger partial charge is 0.123 e. The molecule has 0 unspecified atom stereocenters. The minimum atomic E-state index is -0.199. The van der Waals surface area contributed by atoms with Gasteiger partial charge in [0, 0.05) is 34.7 Å². The van der Waals surface area contributed by atoms with Crippen molar-refractivity contribution in [1.82, 2.24) is 15.3 Å². The Labute approximate surface area is 212 Å². The Morgan fingerprint density at radius 2 is 1.79 bits per heavy atom. The molecule has 0 amide bonds. The van der Waals surface area contributed by atoms with Crippen molar-refractivity contribution >= 4 is 41.5 Å². The number of nitrogens with zero attached hydrogens (tertiary/aromatic N) is 1. The van der Waals surface area contributed by atoms with Gasteiger partial charge in [-0.2, -0.15) is 0 Å². The summed E-state index contributed by atoms with van der Waals surface area (Å²) in [6, 6.07) is 19.9. The summed E-state index contributed by atoms with van der Waals surface area (Å²) in [4.78, 5) is 7.75. The zero-order valence-corrected chi connectivity index (χ0v) is 21.0. The van der Waals surface area contributed by atoms with E-state index in [4.69, 9.17) is 10.5 Å². The highest BCUT2D eigenvalue weighted by Crippen LogP contribution is 2.27. The van der Waals surface area contributed by atoms with E-state index in [9.17, 15) is 5.11 Å². The van der Waals surface area contributed by atoms with Crippen LogP contribution in [0.4, 0.5) is 5.82 Å². The molecule has 2 aromatic carbocycles. The SMILES string of the molecule is CC(C)(Cc1c[nH]c2ccc(OCc3ccccc3)cc12)NCc1nc(N)ccc1CO.Cl.Cl. The van der Waals surface area contributed by atoms with Crippen molar-refractivity contribution in [1.29, 1.82) is 0 Å². The molecule has 0 atom stereocenters. The van der Waals surface area contributed by atoms with Crippen LogP contribution in [0.25, 0.3) is 10.9 Å². The van der Waals surface area contributed by atoms with E-state index in [2.05, 4.69) is 59.6 Å². The van der Waals surface area contributed by atoms with Crippen LogP contribution in [0, 0.1) is 0 Å². The molecular weight excluding hydrogens is 471 g/mol. The first-order valence-electron chi connectivity index (χ1n) is 10.8. The molecule has 5 N–H and O–H groups in total. The Bertz CT molecular complexity index is 1200. The van der Waals surface area contributed by atoms with Crippen LogP contribution >= 0.6 is 24.8 Å². The second-order valence-corrected chi connectivity index (χ2v) is 8.71. The quantitative estimate of drug-likeness (QED) is 0.253. The molecule has 4 rings (SSSR count). The number of halogens is 2. The molecule has 6 nitrogen and oxygen atoms in total. The van der Waals surface area contributed by atoms with Crippen molar-refractivity contribution in [3.8, 4) is 5.75 Å². The first-order chi connectivity index (χ1) is 15.4. The van der Waals surface area contributed by atoms with Crippen molar-refractivity contribution in [2.75, 3.05) is 5.73 Å².